The predicted molar refractivity (Wildman–Crippen MR) is 124 cm³/mol. The molecule has 0 unspecified atom stereocenters. The van der Waals surface area contributed by atoms with E-state index in [2.05, 4.69) is 16.3 Å². The number of benzene rings is 2. The molecule has 0 aliphatic heterocycles. The van der Waals surface area contributed by atoms with E-state index in [1.165, 1.54) is 11.8 Å². The molecule has 4 rings (SSSR count). The van der Waals surface area contributed by atoms with Crippen molar-refractivity contribution in [3.8, 4) is 23.3 Å². The highest BCUT2D eigenvalue weighted by atomic mass is 32.2. The standard InChI is InChI=1S/C24H21N5O2S/c1-18-10-12-19(13-11-18)28(15-6-14-25)22(30)17-32-24-27-26-23(21-9-5-16-31-21)29(24)20-7-3-2-4-8-20/h2-5,7-13,16H,6,15,17H2,1H3. The number of furan rings is 1. The van der Waals surface area contributed by atoms with Crippen LogP contribution in [0.3, 0.4) is 0 Å². The fraction of sp³-hybridized carbons (Fsp3) is 0.167. The van der Waals surface area contributed by atoms with Gasteiger partial charge in [-0.05, 0) is 43.3 Å². The highest BCUT2D eigenvalue weighted by Crippen LogP contribution is 2.28. The van der Waals surface area contributed by atoms with Crippen LogP contribution < -0.4 is 4.90 Å². The van der Waals surface area contributed by atoms with Crippen molar-refractivity contribution < 1.29 is 9.21 Å². The van der Waals surface area contributed by atoms with Crippen LogP contribution in [-0.2, 0) is 4.79 Å². The van der Waals surface area contributed by atoms with E-state index in [1.807, 2.05) is 72.2 Å². The molecular formula is C24H21N5O2S. The molecule has 0 N–H and O–H groups in total. The summed E-state index contributed by atoms with van der Waals surface area (Å²) in [7, 11) is 0. The average molecular weight is 444 g/mol. The zero-order valence-corrected chi connectivity index (χ0v) is 18.3. The first-order chi connectivity index (χ1) is 15.7. The minimum absolute atomic E-state index is 0.101. The van der Waals surface area contributed by atoms with Gasteiger partial charge in [-0.25, -0.2) is 0 Å². The number of aryl methyl sites for hydroxylation is 1. The Bertz CT molecular complexity index is 1210. The lowest BCUT2D eigenvalue weighted by molar-refractivity contribution is -0.116. The number of hydrogen-bond donors (Lipinski definition) is 0. The van der Waals surface area contributed by atoms with Crippen molar-refractivity contribution in [3.63, 3.8) is 0 Å². The second-order valence-corrected chi connectivity index (χ2v) is 7.97. The molecule has 0 saturated carbocycles. The third-order valence-corrected chi connectivity index (χ3v) is 5.72. The number of aromatic nitrogens is 3. The molecule has 0 atom stereocenters. The molecule has 0 spiro atoms. The molecule has 8 heteroatoms. The van der Waals surface area contributed by atoms with E-state index in [-0.39, 0.29) is 18.1 Å². The van der Waals surface area contributed by atoms with Gasteiger partial charge in [0.05, 0.1) is 24.5 Å². The molecule has 0 aliphatic carbocycles. The molecule has 0 fully saturated rings. The zero-order chi connectivity index (χ0) is 22.3. The van der Waals surface area contributed by atoms with Crippen LogP contribution in [0.2, 0.25) is 0 Å². The summed E-state index contributed by atoms with van der Waals surface area (Å²) in [5.41, 5.74) is 2.76. The van der Waals surface area contributed by atoms with Crippen molar-refractivity contribution in [2.45, 2.75) is 18.5 Å². The number of nitriles is 1. The Kier molecular flexibility index (Phi) is 6.68. The van der Waals surface area contributed by atoms with E-state index in [0.29, 0.717) is 23.3 Å². The lowest BCUT2D eigenvalue weighted by Gasteiger charge is -2.22. The van der Waals surface area contributed by atoms with Crippen LogP contribution in [0.15, 0.2) is 82.6 Å². The van der Waals surface area contributed by atoms with Crippen LogP contribution in [0, 0.1) is 18.3 Å². The van der Waals surface area contributed by atoms with Gasteiger partial charge >= 0.3 is 0 Å². The molecule has 7 nitrogen and oxygen atoms in total. The minimum Gasteiger partial charge on any atom is -0.461 e. The lowest BCUT2D eigenvalue weighted by atomic mass is 10.2. The van der Waals surface area contributed by atoms with Crippen LogP contribution >= 0.6 is 11.8 Å². The summed E-state index contributed by atoms with van der Waals surface area (Å²) < 4.78 is 7.41. The Morgan fingerprint density at radius 1 is 1.09 bits per heavy atom. The normalized spacial score (nSPS) is 10.6. The van der Waals surface area contributed by atoms with E-state index in [0.717, 1.165) is 16.9 Å². The van der Waals surface area contributed by atoms with Crippen LogP contribution in [0.25, 0.3) is 17.3 Å². The van der Waals surface area contributed by atoms with Crippen LogP contribution in [0.1, 0.15) is 12.0 Å². The average Bonchev–Trinajstić information content (AvgIpc) is 3.49. The van der Waals surface area contributed by atoms with Gasteiger partial charge in [-0.1, -0.05) is 47.7 Å². The molecule has 0 radical (unpaired) electrons. The number of thioether (sulfide) groups is 1. The van der Waals surface area contributed by atoms with Crippen molar-refractivity contribution in [2.75, 3.05) is 17.2 Å². The second kappa shape index (κ2) is 9.98. The van der Waals surface area contributed by atoms with Crippen LogP contribution in [0.4, 0.5) is 5.69 Å². The number of carbonyl (C=O) groups excluding carboxylic acids is 1. The molecule has 32 heavy (non-hydrogen) atoms. The maximum absolute atomic E-state index is 13.1. The van der Waals surface area contributed by atoms with Crippen molar-refractivity contribution in [2.24, 2.45) is 0 Å². The van der Waals surface area contributed by atoms with Gasteiger partial charge in [-0.2, -0.15) is 5.26 Å². The molecule has 1 amide bonds. The second-order valence-electron chi connectivity index (χ2n) is 7.03. The maximum Gasteiger partial charge on any atom is 0.237 e. The van der Waals surface area contributed by atoms with Gasteiger partial charge in [0.2, 0.25) is 11.7 Å². The van der Waals surface area contributed by atoms with E-state index in [9.17, 15) is 4.79 Å². The Balaban J connectivity index is 1.59. The lowest BCUT2D eigenvalue weighted by Crippen LogP contribution is -2.33. The molecular weight excluding hydrogens is 422 g/mol. The number of anilines is 1. The smallest absolute Gasteiger partial charge is 0.237 e. The predicted octanol–water partition coefficient (Wildman–Crippen LogP) is 4.87. The largest absolute Gasteiger partial charge is 0.461 e. The maximum atomic E-state index is 13.1. The number of amides is 1. The number of nitrogens with zero attached hydrogens (tertiary/aromatic N) is 5. The highest BCUT2D eigenvalue weighted by Gasteiger charge is 2.21. The Labute approximate surface area is 190 Å². The van der Waals surface area contributed by atoms with Gasteiger partial charge in [0.1, 0.15) is 0 Å². The summed E-state index contributed by atoms with van der Waals surface area (Å²) in [5.74, 6) is 1.21. The molecule has 0 saturated heterocycles. The Morgan fingerprint density at radius 2 is 1.88 bits per heavy atom. The van der Waals surface area contributed by atoms with E-state index < -0.39 is 0 Å². The Hall–Kier alpha value is -3.83. The summed E-state index contributed by atoms with van der Waals surface area (Å²) in [4.78, 5) is 14.8. The SMILES string of the molecule is Cc1ccc(N(CCC#N)C(=O)CSc2nnc(-c3ccco3)n2-c2ccccc2)cc1. The summed E-state index contributed by atoms with van der Waals surface area (Å²) in [6.07, 6.45) is 1.84. The number of hydrogen-bond acceptors (Lipinski definition) is 6. The molecule has 160 valence electrons. The summed E-state index contributed by atoms with van der Waals surface area (Å²) in [6, 6.07) is 23.2. The number of carbonyl (C=O) groups is 1. The molecule has 0 aliphatic rings. The first kappa shape index (κ1) is 21.4. The highest BCUT2D eigenvalue weighted by molar-refractivity contribution is 7.99. The topological polar surface area (TPSA) is 87.9 Å². The van der Waals surface area contributed by atoms with Crippen LogP contribution in [0.5, 0.6) is 0 Å². The number of rotatable bonds is 8. The van der Waals surface area contributed by atoms with Gasteiger partial charge < -0.3 is 9.32 Å². The van der Waals surface area contributed by atoms with E-state index in [4.69, 9.17) is 9.68 Å². The molecule has 0 bridgehead atoms. The Morgan fingerprint density at radius 3 is 2.56 bits per heavy atom. The van der Waals surface area contributed by atoms with Crippen molar-refractivity contribution in [1.29, 1.82) is 5.26 Å². The quantitative estimate of drug-likeness (QED) is 0.361. The van der Waals surface area contributed by atoms with Gasteiger partial charge in [0.25, 0.3) is 0 Å². The third kappa shape index (κ3) is 4.74. The van der Waals surface area contributed by atoms with E-state index >= 15 is 0 Å². The fourth-order valence-electron chi connectivity index (χ4n) is 3.23. The van der Waals surface area contributed by atoms with Crippen molar-refractivity contribution in [3.05, 3.63) is 78.6 Å². The van der Waals surface area contributed by atoms with Gasteiger partial charge in [-0.3, -0.25) is 9.36 Å². The monoisotopic (exact) mass is 443 g/mol. The summed E-state index contributed by atoms with van der Waals surface area (Å²) in [5, 5.41) is 18.2. The minimum atomic E-state index is -0.101. The first-order valence-electron chi connectivity index (χ1n) is 10.1. The van der Waals surface area contributed by atoms with Crippen LogP contribution in [-0.4, -0.2) is 33.0 Å². The number of para-hydroxylation sites is 1. The third-order valence-electron chi connectivity index (χ3n) is 4.81. The summed E-state index contributed by atoms with van der Waals surface area (Å²) >= 11 is 1.30. The summed E-state index contributed by atoms with van der Waals surface area (Å²) in [6.45, 7) is 2.33. The van der Waals surface area contributed by atoms with Crippen molar-refractivity contribution in [1.82, 2.24) is 14.8 Å². The van der Waals surface area contributed by atoms with Gasteiger partial charge in [0.15, 0.2) is 10.9 Å². The molecule has 2 aromatic heterocycles. The van der Waals surface area contributed by atoms with Crippen molar-refractivity contribution >= 4 is 23.4 Å². The first-order valence-corrected chi connectivity index (χ1v) is 11.1. The van der Waals surface area contributed by atoms with Gasteiger partial charge in [-0.15, -0.1) is 10.2 Å². The molecule has 2 heterocycles. The fourth-order valence-corrected chi connectivity index (χ4v) is 4.06. The molecule has 2 aromatic carbocycles. The molecule has 4 aromatic rings. The van der Waals surface area contributed by atoms with Gasteiger partial charge in [0, 0.05) is 17.9 Å². The zero-order valence-electron chi connectivity index (χ0n) is 17.5. The van der Waals surface area contributed by atoms with E-state index in [1.54, 1.807) is 17.2 Å².